The van der Waals surface area contributed by atoms with E-state index >= 15 is 0 Å². The van der Waals surface area contributed by atoms with Gasteiger partial charge in [-0.2, -0.15) is 0 Å². The molecule has 0 spiro atoms. The van der Waals surface area contributed by atoms with Crippen LogP contribution in [0.3, 0.4) is 0 Å². The van der Waals surface area contributed by atoms with Gasteiger partial charge in [0.2, 0.25) is 5.91 Å². The lowest BCUT2D eigenvalue weighted by Crippen LogP contribution is -2.35. The fourth-order valence-corrected chi connectivity index (χ4v) is 3.56. The number of anilines is 1. The zero-order chi connectivity index (χ0) is 25.3. The van der Waals surface area contributed by atoms with E-state index in [-0.39, 0.29) is 23.0 Å². The first-order valence-electron chi connectivity index (χ1n) is 11.1. The van der Waals surface area contributed by atoms with E-state index in [1.165, 1.54) is 12.1 Å². The molecular formula is C25H31ClN2O6. The number of halogens is 1. The average Bonchev–Trinajstić information content (AvgIpc) is 2.78. The highest BCUT2D eigenvalue weighted by Crippen LogP contribution is 2.37. The maximum atomic E-state index is 12.4. The van der Waals surface area contributed by atoms with E-state index in [1.807, 2.05) is 39.8 Å². The lowest BCUT2D eigenvalue weighted by Gasteiger charge is -2.15. The van der Waals surface area contributed by atoms with E-state index < -0.39 is 18.5 Å². The van der Waals surface area contributed by atoms with Crippen LogP contribution in [0.1, 0.15) is 47.3 Å². The van der Waals surface area contributed by atoms with Crippen molar-refractivity contribution in [2.45, 2.75) is 41.0 Å². The standard InChI is InChI=1S/C25H31ClN2O6/c1-6-8-33-24-19(26)11-18(12-20(24)32-7-2)25(31)34-14-22(30)27-13-21(29)28-23-16(4)9-15(3)10-17(23)5/h9-12H,6-8,13-14H2,1-5H3,(H,27,30)(H,28,29). The number of ether oxygens (including phenoxy) is 3. The quantitative estimate of drug-likeness (QED) is 0.453. The molecule has 34 heavy (non-hydrogen) atoms. The highest BCUT2D eigenvalue weighted by atomic mass is 35.5. The molecule has 2 rings (SSSR count). The zero-order valence-electron chi connectivity index (χ0n) is 20.2. The smallest absolute Gasteiger partial charge is 0.338 e. The number of carbonyl (C=O) groups excluding carboxylic acids is 3. The van der Waals surface area contributed by atoms with Crippen LogP contribution in [0.5, 0.6) is 11.5 Å². The molecule has 2 N–H and O–H groups in total. The number of rotatable bonds is 11. The molecule has 0 saturated carbocycles. The first kappa shape index (κ1) is 27.0. The van der Waals surface area contributed by atoms with Gasteiger partial charge in [0.25, 0.3) is 5.91 Å². The van der Waals surface area contributed by atoms with Gasteiger partial charge >= 0.3 is 5.97 Å². The first-order chi connectivity index (χ1) is 16.2. The van der Waals surface area contributed by atoms with Crippen LogP contribution in [-0.2, 0) is 14.3 Å². The van der Waals surface area contributed by atoms with Crippen molar-refractivity contribution in [3.05, 3.63) is 51.5 Å². The Kier molecular flexibility index (Phi) is 10.2. The summed E-state index contributed by atoms with van der Waals surface area (Å²) in [4.78, 5) is 36.7. The lowest BCUT2D eigenvalue weighted by molar-refractivity contribution is -0.126. The summed E-state index contributed by atoms with van der Waals surface area (Å²) in [5, 5.41) is 5.43. The largest absolute Gasteiger partial charge is 0.490 e. The van der Waals surface area contributed by atoms with Crippen LogP contribution < -0.4 is 20.1 Å². The Morgan fingerprint density at radius 3 is 2.24 bits per heavy atom. The maximum absolute atomic E-state index is 12.4. The number of nitrogens with one attached hydrogen (secondary N) is 2. The molecule has 8 nitrogen and oxygen atoms in total. The van der Waals surface area contributed by atoms with Crippen molar-refractivity contribution in [3.63, 3.8) is 0 Å². The predicted octanol–water partition coefficient (Wildman–Crippen LogP) is 4.36. The molecule has 0 aliphatic heterocycles. The van der Waals surface area contributed by atoms with Crippen LogP contribution in [0.15, 0.2) is 24.3 Å². The number of amides is 2. The second kappa shape index (κ2) is 12.8. The van der Waals surface area contributed by atoms with Crippen molar-refractivity contribution in [1.82, 2.24) is 5.32 Å². The molecule has 2 aromatic carbocycles. The summed E-state index contributed by atoms with van der Waals surface area (Å²) >= 11 is 6.26. The summed E-state index contributed by atoms with van der Waals surface area (Å²) in [6.07, 6.45) is 0.781. The number of aryl methyl sites for hydroxylation is 3. The molecule has 0 bridgehead atoms. The fourth-order valence-electron chi connectivity index (χ4n) is 3.30. The third-order valence-corrected chi connectivity index (χ3v) is 5.00. The van der Waals surface area contributed by atoms with Crippen molar-refractivity contribution >= 4 is 35.1 Å². The molecule has 184 valence electrons. The third-order valence-electron chi connectivity index (χ3n) is 4.72. The molecular weight excluding hydrogens is 460 g/mol. The molecule has 0 radical (unpaired) electrons. The molecule has 2 amide bonds. The topological polar surface area (TPSA) is 103 Å². The zero-order valence-corrected chi connectivity index (χ0v) is 20.9. The van der Waals surface area contributed by atoms with Crippen LogP contribution in [-0.4, -0.2) is 44.1 Å². The summed E-state index contributed by atoms with van der Waals surface area (Å²) < 4.78 is 16.2. The minimum absolute atomic E-state index is 0.119. The van der Waals surface area contributed by atoms with Crippen molar-refractivity contribution < 1.29 is 28.6 Å². The van der Waals surface area contributed by atoms with Gasteiger partial charge in [0, 0.05) is 5.69 Å². The van der Waals surface area contributed by atoms with Gasteiger partial charge in [-0.15, -0.1) is 0 Å². The minimum atomic E-state index is -0.754. The highest BCUT2D eigenvalue weighted by Gasteiger charge is 2.18. The Hall–Kier alpha value is -3.26. The van der Waals surface area contributed by atoms with Crippen molar-refractivity contribution in [1.29, 1.82) is 0 Å². The lowest BCUT2D eigenvalue weighted by atomic mass is 10.1. The van der Waals surface area contributed by atoms with Gasteiger partial charge in [-0.3, -0.25) is 9.59 Å². The van der Waals surface area contributed by atoms with Crippen LogP contribution in [0.25, 0.3) is 0 Å². The second-order valence-electron chi connectivity index (χ2n) is 7.74. The molecule has 0 unspecified atom stereocenters. The SMILES string of the molecule is CCCOc1c(Cl)cc(C(=O)OCC(=O)NCC(=O)Nc2c(C)cc(C)cc2C)cc1OCC. The average molecular weight is 491 g/mol. The van der Waals surface area contributed by atoms with Crippen molar-refractivity contribution in [2.24, 2.45) is 0 Å². The second-order valence-corrected chi connectivity index (χ2v) is 8.15. The van der Waals surface area contributed by atoms with Gasteiger partial charge in [0.05, 0.1) is 30.3 Å². The predicted molar refractivity (Wildman–Crippen MR) is 131 cm³/mol. The molecule has 0 aliphatic carbocycles. The molecule has 9 heteroatoms. The molecule has 0 aliphatic rings. The number of benzene rings is 2. The van der Waals surface area contributed by atoms with E-state index in [9.17, 15) is 14.4 Å². The van der Waals surface area contributed by atoms with Crippen molar-refractivity contribution in [3.8, 4) is 11.5 Å². The minimum Gasteiger partial charge on any atom is -0.490 e. The monoisotopic (exact) mass is 490 g/mol. The van der Waals surface area contributed by atoms with E-state index in [1.54, 1.807) is 6.92 Å². The Morgan fingerprint density at radius 1 is 0.941 bits per heavy atom. The van der Waals surface area contributed by atoms with Gasteiger partial charge in [-0.05, 0) is 57.4 Å². The maximum Gasteiger partial charge on any atom is 0.338 e. The van der Waals surface area contributed by atoms with E-state index in [4.69, 9.17) is 25.8 Å². The van der Waals surface area contributed by atoms with Crippen LogP contribution in [0.4, 0.5) is 5.69 Å². The van der Waals surface area contributed by atoms with Gasteiger partial charge in [0.1, 0.15) is 0 Å². The molecule has 0 saturated heterocycles. The van der Waals surface area contributed by atoms with Crippen LogP contribution in [0.2, 0.25) is 5.02 Å². The molecule has 0 heterocycles. The number of carbonyl (C=O) groups is 3. The summed E-state index contributed by atoms with van der Waals surface area (Å²) in [5.74, 6) is -1.08. The van der Waals surface area contributed by atoms with E-state index in [0.29, 0.717) is 30.4 Å². The molecule has 0 atom stereocenters. The summed E-state index contributed by atoms with van der Waals surface area (Å²) in [7, 11) is 0. The summed E-state index contributed by atoms with van der Waals surface area (Å²) in [6, 6.07) is 6.79. The van der Waals surface area contributed by atoms with Gasteiger partial charge < -0.3 is 24.8 Å². The molecule has 2 aromatic rings. The van der Waals surface area contributed by atoms with E-state index in [2.05, 4.69) is 10.6 Å². The Bertz CT molecular complexity index is 1030. The molecule has 0 fully saturated rings. The Morgan fingerprint density at radius 2 is 1.62 bits per heavy atom. The molecule has 0 aromatic heterocycles. The number of esters is 1. The number of hydrogen-bond acceptors (Lipinski definition) is 6. The third kappa shape index (κ3) is 7.66. The Labute approximate surface area is 204 Å². The van der Waals surface area contributed by atoms with Gasteiger partial charge in [0.15, 0.2) is 18.1 Å². The van der Waals surface area contributed by atoms with E-state index in [0.717, 1.165) is 23.1 Å². The van der Waals surface area contributed by atoms with Gasteiger partial charge in [-0.1, -0.05) is 36.2 Å². The summed E-state index contributed by atoms with van der Waals surface area (Å²) in [5.41, 5.74) is 3.79. The first-order valence-corrected chi connectivity index (χ1v) is 11.4. The van der Waals surface area contributed by atoms with Crippen LogP contribution >= 0.6 is 11.6 Å². The van der Waals surface area contributed by atoms with Crippen LogP contribution in [0, 0.1) is 20.8 Å². The highest BCUT2D eigenvalue weighted by molar-refractivity contribution is 6.32. The Balaban J connectivity index is 1.91. The van der Waals surface area contributed by atoms with Gasteiger partial charge in [-0.25, -0.2) is 4.79 Å². The van der Waals surface area contributed by atoms with Crippen molar-refractivity contribution in [2.75, 3.05) is 31.7 Å². The summed E-state index contributed by atoms with van der Waals surface area (Å²) in [6.45, 7) is 9.52. The number of hydrogen-bond donors (Lipinski definition) is 2. The fraction of sp³-hybridized carbons (Fsp3) is 0.400. The normalized spacial score (nSPS) is 10.4.